The van der Waals surface area contributed by atoms with Gasteiger partial charge in [-0.05, 0) is 13.8 Å². The van der Waals surface area contributed by atoms with Crippen molar-refractivity contribution in [3.8, 4) is 0 Å². The van der Waals surface area contributed by atoms with Crippen molar-refractivity contribution >= 4 is 37.4 Å². The molecule has 0 radical (unpaired) electrons. The Bertz CT molecular complexity index is 95.9. The first-order chi connectivity index (χ1) is 3.13. The van der Waals surface area contributed by atoms with Crippen molar-refractivity contribution in [1.29, 1.82) is 0 Å². The Kier molecular flexibility index (Phi) is 46.4. The quantitative estimate of drug-likeness (QED) is 0.474. The topological polar surface area (TPSA) is 34.1 Å². The second-order valence-corrected chi connectivity index (χ2v) is 1.58. The van der Waals surface area contributed by atoms with E-state index in [2.05, 4.69) is 0 Å². The van der Waals surface area contributed by atoms with Crippen molar-refractivity contribution in [1.82, 2.24) is 0 Å². The van der Waals surface area contributed by atoms with Gasteiger partial charge in [0.1, 0.15) is 11.6 Å². The molecule has 0 aromatic rings. The molecule has 0 saturated carbocycles. The molecule has 0 atom stereocenters. The van der Waals surface area contributed by atoms with E-state index in [1.165, 1.54) is 13.8 Å². The Morgan fingerprint density at radius 2 is 1.09 bits per heavy atom. The van der Waals surface area contributed by atoms with Gasteiger partial charge in [0, 0.05) is 0 Å². The van der Waals surface area contributed by atoms with E-state index in [0.717, 1.165) is 0 Å². The maximum absolute atomic E-state index is 10.0. The first-order valence-corrected chi connectivity index (χ1v) is 2.12. The van der Waals surface area contributed by atoms with Gasteiger partial charge in [0.15, 0.2) is 0 Å². The molecule has 0 amide bonds. The van der Waals surface area contributed by atoms with Gasteiger partial charge >= 0.3 is 25.8 Å². The van der Waals surface area contributed by atoms with Gasteiger partial charge in [-0.25, -0.2) is 0 Å². The van der Waals surface area contributed by atoms with E-state index in [4.69, 9.17) is 0 Å². The van der Waals surface area contributed by atoms with Crippen LogP contribution in [0.1, 0.15) is 20.3 Å². The van der Waals surface area contributed by atoms with Gasteiger partial charge in [-0.15, -0.1) is 0 Å². The van der Waals surface area contributed by atoms with Gasteiger partial charge in [-0.3, -0.25) is 9.59 Å². The molecular formula is C5H8Cl3InO2. The number of hydrogen-bond donors (Lipinski definition) is 0. The molecule has 0 bridgehead atoms. The van der Waals surface area contributed by atoms with Crippen molar-refractivity contribution < 1.29 is 46.8 Å². The molecule has 0 aliphatic heterocycles. The van der Waals surface area contributed by atoms with Crippen LogP contribution in [0.3, 0.4) is 0 Å². The molecule has 0 unspecified atom stereocenters. The van der Waals surface area contributed by atoms with Gasteiger partial charge in [0.2, 0.25) is 0 Å². The normalized spacial score (nSPS) is 5.27. The summed E-state index contributed by atoms with van der Waals surface area (Å²) < 4.78 is 0. The van der Waals surface area contributed by atoms with Crippen LogP contribution in [0.15, 0.2) is 0 Å². The minimum Gasteiger partial charge on any atom is -1.00 e. The maximum Gasteiger partial charge on any atom is 3.00 e. The molecule has 2 nitrogen and oxygen atoms in total. The van der Waals surface area contributed by atoms with Crippen LogP contribution in [0.4, 0.5) is 0 Å². The zero-order chi connectivity index (χ0) is 5.86. The van der Waals surface area contributed by atoms with Crippen LogP contribution in [0.5, 0.6) is 0 Å². The number of carbonyl (C=O) groups is 2. The molecule has 0 aliphatic carbocycles. The SMILES string of the molecule is CC(=O)CC(C)=O.[Cl-].[Cl-].[Cl-].[In+3]. The number of ketones is 2. The Morgan fingerprint density at radius 3 is 1.09 bits per heavy atom. The van der Waals surface area contributed by atoms with E-state index in [9.17, 15) is 9.59 Å². The molecule has 0 rings (SSSR count). The molecule has 0 N–H and O–H groups in total. The Balaban J connectivity index is -0.0000000300. The maximum atomic E-state index is 10.0. The standard InChI is InChI=1S/C5H8O2.3ClH.In/c1-4(6)3-5(2)7;;;;/h3H2,1-2H3;3*1H;/q;;;;+3/p-3. The monoisotopic (exact) mass is 320 g/mol. The van der Waals surface area contributed by atoms with E-state index in [0.29, 0.717) is 0 Å². The van der Waals surface area contributed by atoms with Crippen molar-refractivity contribution in [2.45, 2.75) is 20.3 Å². The molecular weight excluding hydrogens is 313 g/mol. The van der Waals surface area contributed by atoms with Crippen molar-refractivity contribution in [3.63, 3.8) is 0 Å². The van der Waals surface area contributed by atoms with Crippen LogP contribution < -0.4 is 37.2 Å². The summed E-state index contributed by atoms with van der Waals surface area (Å²) in [5, 5.41) is 0. The average Bonchev–Trinajstić information content (AvgIpc) is 1.27. The van der Waals surface area contributed by atoms with Gasteiger partial charge in [0.25, 0.3) is 0 Å². The summed E-state index contributed by atoms with van der Waals surface area (Å²) in [6.45, 7) is 2.81. The minimum absolute atomic E-state index is 0. The Labute approximate surface area is 104 Å². The predicted molar refractivity (Wildman–Crippen MR) is 31.7 cm³/mol. The van der Waals surface area contributed by atoms with Crippen LogP contribution in [0.2, 0.25) is 0 Å². The fraction of sp³-hybridized carbons (Fsp3) is 0.600. The smallest absolute Gasteiger partial charge is 1.00 e. The van der Waals surface area contributed by atoms with Crippen LogP contribution in [0, 0.1) is 0 Å². The molecule has 0 aromatic heterocycles. The van der Waals surface area contributed by atoms with Crippen LogP contribution in [0.25, 0.3) is 0 Å². The fourth-order valence-electron chi connectivity index (χ4n) is 0.351. The molecule has 0 spiro atoms. The predicted octanol–water partition coefficient (Wildman–Crippen LogP) is -8.81. The van der Waals surface area contributed by atoms with Crippen molar-refractivity contribution in [2.75, 3.05) is 0 Å². The third-order valence-corrected chi connectivity index (χ3v) is 0.498. The third-order valence-electron chi connectivity index (χ3n) is 0.498. The fourth-order valence-corrected chi connectivity index (χ4v) is 0.351. The second-order valence-electron chi connectivity index (χ2n) is 1.58. The molecule has 0 aromatic carbocycles. The molecule has 0 fully saturated rings. The van der Waals surface area contributed by atoms with E-state index >= 15 is 0 Å². The Hall–Kier alpha value is 1.08. The van der Waals surface area contributed by atoms with Gasteiger partial charge in [-0.2, -0.15) is 0 Å². The van der Waals surface area contributed by atoms with E-state index in [-0.39, 0.29) is 81.1 Å². The largest absolute Gasteiger partial charge is 3.00 e. The first-order valence-electron chi connectivity index (χ1n) is 2.12. The van der Waals surface area contributed by atoms with Gasteiger partial charge in [-0.1, -0.05) is 0 Å². The summed E-state index contributed by atoms with van der Waals surface area (Å²) in [6, 6.07) is 0. The summed E-state index contributed by atoms with van der Waals surface area (Å²) in [5.74, 6) is -0.125. The molecule has 0 saturated heterocycles. The average molecular weight is 321 g/mol. The molecule has 0 aliphatic rings. The van der Waals surface area contributed by atoms with Gasteiger partial charge < -0.3 is 37.2 Å². The van der Waals surface area contributed by atoms with Crippen molar-refractivity contribution in [3.05, 3.63) is 0 Å². The summed E-state index contributed by atoms with van der Waals surface area (Å²) in [7, 11) is 0. The van der Waals surface area contributed by atoms with Crippen LogP contribution in [-0.2, 0) is 9.59 Å². The number of rotatable bonds is 2. The molecule has 6 heteroatoms. The zero-order valence-electron chi connectivity index (χ0n) is 6.23. The molecule has 64 valence electrons. The number of hydrogen-bond acceptors (Lipinski definition) is 2. The van der Waals surface area contributed by atoms with Crippen molar-refractivity contribution in [2.24, 2.45) is 0 Å². The first kappa shape index (κ1) is 29.6. The van der Waals surface area contributed by atoms with E-state index in [1.807, 2.05) is 0 Å². The van der Waals surface area contributed by atoms with E-state index < -0.39 is 0 Å². The zero-order valence-corrected chi connectivity index (χ0v) is 11.8. The molecule has 0 heterocycles. The number of Topliss-reactive ketones (excluding diaryl/α,β-unsaturated/α-hetero) is 2. The summed E-state index contributed by atoms with van der Waals surface area (Å²) >= 11 is 0. The van der Waals surface area contributed by atoms with Gasteiger partial charge in [0.05, 0.1) is 6.42 Å². The third kappa shape index (κ3) is 35.4. The summed E-state index contributed by atoms with van der Waals surface area (Å²) in [6.07, 6.45) is 0.0833. The Morgan fingerprint density at radius 1 is 0.909 bits per heavy atom. The second kappa shape index (κ2) is 17.2. The summed E-state index contributed by atoms with van der Waals surface area (Å²) in [4.78, 5) is 20.1. The van der Waals surface area contributed by atoms with E-state index in [1.54, 1.807) is 0 Å². The molecule has 11 heavy (non-hydrogen) atoms. The number of halogens is 3. The minimum atomic E-state index is -0.0625. The summed E-state index contributed by atoms with van der Waals surface area (Å²) in [5.41, 5.74) is 0. The number of carbonyl (C=O) groups excluding carboxylic acids is 2. The van der Waals surface area contributed by atoms with Crippen LogP contribution >= 0.6 is 0 Å². The van der Waals surface area contributed by atoms with Crippen LogP contribution in [-0.4, -0.2) is 37.4 Å².